The molecule has 0 spiro atoms. The number of hydrogen-bond donors (Lipinski definition) is 1. The molecule has 2 aromatic carbocycles. The Labute approximate surface area is 229 Å². The summed E-state index contributed by atoms with van der Waals surface area (Å²) >= 11 is 12.4. The first-order valence-electron chi connectivity index (χ1n) is 11.9. The lowest BCUT2D eigenvalue weighted by Gasteiger charge is -2.34. The molecule has 1 atom stereocenters. The van der Waals surface area contributed by atoms with E-state index in [1.54, 1.807) is 56.3 Å². The SMILES string of the molecule is CCOc1ccccc1N(CC(=O)N(Cc1ccc(Cl)cc1Cl)[C@@H](CC)C(=O)NC(C)(C)C)S(C)(=O)=O. The number of carbonyl (C=O) groups excluding carboxylic acids is 2. The smallest absolute Gasteiger partial charge is 0.244 e. The van der Waals surface area contributed by atoms with Gasteiger partial charge in [-0.2, -0.15) is 0 Å². The Bertz CT molecular complexity index is 1210. The fourth-order valence-corrected chi connectivity index (χ4v) is 5.06. The summed E-state index contributed by atoms with van der Waals surface area (Å²) in [6, 6.07) is 10.6. The van der Waals surface area contributed by atoms with Crippen LogP contribution in [0, 0.1) is 0 Å². The van der Waals surface area contributed by atoms with E-state index in [-0.39, 0.29) is 18.1 Å². The Balaban J connectivity index is 2.54. The van der Waals surface area contributed by atoms with E-state index in [1.807, 2.05) is 20.8 Å². The lowest BCUT2D eigenvalue weighted by molar-refractivity contribution is -0.141. The lowest BCUT2D eigenvalue weighted by atomic mass is 10.1. The zero-order chi connectivity index (χ0) is 28.0. The number of rotatable bonds is 11. The van der Waals surface area contributed by atoms with Gasteiger partial charge in [-0.1, -0.05) is 48.3 Å². The number of halogens is 2. The summed E-state index contributed by atoms with van der Waals surface area (Å²) in [5.74, 6) is -0.597. The van der Waals surface area contributed by atoms with Crippen LogP contribution in [0.1, 0.15) is 46.6 Å². The number of ether oxygens (including phenoxy) is 1. The van der Waals surface area contributed by atoms with Crippen molar-refractivity contribution in [3.05, 3.63) is 58.1 Å². The van der Waals surface area contributed by atoms with Gasteiger partial charge in [-0.05, 0) is 63.9 Å². The minimum absolute atomic E-state index is 0.0182. The molecule has 0 saturated carbocycles. The largest absolute Gasteiger partial charge is 0.492 e. The molecule has 2 amide bonds. The van der Waals surface area contributed by atoms with E-state index >= 15 is 0 Å². The first-order chi connectivity index (χ1) is 17.2. The second-order valence-corrected chi connectivity index (χ2v) is 12.3. The molecule has 2 rings (SSSR count). The second-order valence-electron chi connectivity index (χ2n) is 9.59. The molecule has 0 saturated heterocycles. The lowest BCUT2D eigenvalue weighted by Crippen LogP contribution is -2.55. The van der Waals surface area contributed by atoms with Crippen LogP contribution in [0.4, 0.5) is 5.69 Å². The molecular formula is C26H35Cl2N3O5S. The highest BCUT2D eigenvalue weighted by atomic mass is 35.5. The molecule has 0 radical (unpaired) electrons. The average molecular weight is 573 g/mol. The van der Waals surface area contributed by atoms with Gasteiger partial charge in [-0.25, -0.2) is 8.42 Å². The Hall–Kier alpha value is -2.49. The second kappa shape index (κ2) is 12.8. The first kappa shape index (κ1) is 30.7. The highest BCUT2D eigenvalue weighted by molar-refractivity contribution is 7.92. The van der Waals surface area contributed by atoms with Crippen molar-refractivity contribution in [2.75, 3.05) is 23.7 Å². The minimum atomic E-state index is -3.89. The summed E-state index contributed by atoms with van der Waals surface area (Å²) in [4.78, 5) is 28.4. The monoisotopic (exact) mass is 571 g/mol. The third-order valence-corrected chi connectivity index (χ3v) is 7.07. The van der Waals surface area contributed by atoms with Crippen molar-refractivity contribution in [3.8, 4) is 5.75 Å². The summed E-state index contributed by atoms with van der Waals surface area (Å²) in [5.41, 5.74) is 0.269. The summed E-state index contributed by atoms with van der Waals surface area (Å²) in [6.07, 6.45) is 1.32. The van der Waals surface area contributed by atoms with E-state index in [9.17, 15) is 18.0 Å². The standard InChI is InChI=1S/C26H35Cl2N3O5S/c1-7-21(25(33)29-26(3,4)5)30(16-18-13-14-19(27)15-20(18)28)24(32)17-31(37(6,34)35)22-11-9-10-12-23(22)36-8-2/h9-15,21H,7-8,16-17H2,1-6H3,(H,29,33)/t21-/m0/s1. The number of amides is 2. The molecular weight excluding hydrogens is 537 g/mol. The van der Waals surface area contributed by atoms with Crippen molar-refractivity contribution in [1.29, 1.82) is 0 Å². The van der Waals surface area contributed by atoms with Gasteiger partial charge >= 0.3 is 0 Å². The van der Waals surface area contributed by atoms with Crippen LogP contribution in [0.2, 0.25) is 10.0 Å². The maximum Gasteiger partial charge on any atom is 0.244 e. The predicted molar refractivity (Wildman–Crippen MR) is 149 cm³/mol. The molecule has 0 heterocycles. The van der Waals surface area contributed by atoms with Gasteiger partial charge in [0, 0.05) is 22.1 Å². The molecule has 0 aromatic heterocycles. The van der Waals surface area contributed by atoms with Crippen molar-refractivity contribution >= 4 is 50.7 Å². The maximum absolute atomic E-state index is 13.8. The van der Waals surface area contributed by atoms with E-state index in [0.717, 1.165) is 10.6 Å². The number of benzene rings is 2. The number of para-hydroxylation sites is 2. The molecule has 37 heavy (non-hydrogen) atoms. The van der Waals surface area contributed by atoms with Gasteiger partial charge in [0.1, 0.15) is 18.3 Å². The zero-order valence-electron chi connectivity index (χ0n) is 22.0. The van der Waals surface area contributed by atoms with Gasteiger partial charge in [-0.3, -0.25) is 13.9 Å². The first-order valence-corrected chi connectivity index (χ1v) is 14.5. The third-order valence-electron chi connectivity index (χ3n) is 5.35. The molecule has 0 unspecified atom stereocenters. The van der Waals surface area contributed by atoms with Gasteiger partial charge in [0.25, 0.3) is 0 Å². The van der Waals surface area contributed by atoms with Crippen LogP contribution in [0.15, 0.2) is 42.5 Å². The van der Waals surface area contributed by atoms with Gasteiger partial charge in [0.2, 0.25) is 21.8 Å². The zero-order valence-corrected chi connectivity index (χ0v) is 24.4. The molecule has 1 N–H and O–H groups in total. The summed E-state index contributed by atoms with van der Waals surface area (Å²) in [6.45, 7) is 8.86. The normalized spacial score (nSPS) is 12.5. The number of hydrogen-bond acceptors (Lipinski definition) is 5. The molecule has 2 aromatic rings. The van der Waals surface area contributed by atoms with Crippen LogP contribution < -0.4 is 14.4 Å². The van der Waals surface area contributed by atoms with Crippen molar-refractivity contribution in [2.24, 2.45) is 0 Å². The Kier molecular flexibility index (Phi) is 10.7. The number of nitrogens with one attached hydrogen (secondary N) is 1. The highest BCUT2D eigenvalue weighted by Gasteiger charge is 2.34. The van der Waals surface area contributed by atoms with Crippen LogP contribution in [0.25, 0.3) is 0 Å². The Morgan fingerprint density at radius 2 is 1.73 bits per heavy atom. The fraction of sp³-hybridized carbons (Fsp3) is 0.462. The molecule has 0 fully saturated rings. The molecule has 11 heteroatoms. The van der Waals surface area contributed by atoms with Gasteiger partial charge in [0.15, 0.2) is 0 Å². The number of anilines is 1. The number of carbonyl (C=O) groups is 2. The van der Waals surface area contributed by atoms with Crippen LogP contribution in [0.5, 0.6) is 5.75 Å². The van der Waals surface area contributed by atoms with Crippen LogP contribution in [-0.2, 0) is 26.2 Å². The van der Waals surface area contributed by atoms with Crippen molar-refractivity contribution in [2.45, 2.75) is 59.2 Å². The van der Waals surface area contributed by atoms with Crippen LogP contribution >= 0.6 is 23.2 Å². The van der Waals surface area contributed by atoms with E-state index in [1.165, 1.54) is 4.90 Å². The third kappa shape index (κ3) is 8.79. The van der Waals surface area contributed by atoms with E-state index in [4.69, 9.17) is 27.9 Å². The van der Waals surface area contributed by atoms with Gasteiger partial charge in [0.05, 0.1) is 18.6 Å². The molecule has 0 aliphatic heterocycles. The number of sulfonamides is 1. The minimum Gasteiger partial charge on any atom is -0.492 e. The molecule has 0 aliphatic carbocycles. The predicted octanol–water partition coefficient (Wildman–Crippen LogP) is 4.88. The van der Waals surface area contributed by atoms with E-state index in [0.29, 0.717) is 34.4 Å². The van der Waals surface area contributed by atoms with E-state index < -0.39 is 34.1 Å². The van der Waals surface area contributed by atoms with Gasteiger partial charge < -0.3 is 15.0 Å². The topological polar surface area (TPSA) is 96.0 Å². The quantitative estimate of drug-likeness (QED) is 0.414. The molecule has 0 bridgehead atoms. The Morgan fingerprint density at radius 1 is 1.08 bits per heavy atom. The molecule has 0 aliphatic rings. The molecule has 8 nitrogen and oxygen atoms in total. The fourth-order valence-electron chi connectivity index (χ4n) is 3.74. The summed E-state index contributed by atoms with van der Waals surface area (Å²) in [5, 5.41) is 3.68. The van der Waals surface area contributed by atoms with Gasteiger partial charge in [-0.15, -0.1) is 0 Å². The van der Waals surface area contributed by atoms with Crippen molar-refractivity contribution < 1.29 is 22.7 Å². The Morgan fingerprint density at radius 3 is 2.27 bits per heavy atom. The van der Waals surface area contributed by atoms with Crippen LogP contribution in [-0.4, -0.2) is 56.1 Å². The number of nitrogens with zero attached hydrogens (tertiary/aromatic N) is 2. The van der Waals surface area contributed by atoms with Crippen molar-refractivity contribution in [3.63, 3.8) is 0 Å². The molecule has 204 valence electrons. The van der Waals surface area contributed by atoms with E-state index in [2.05, 4.69) is 5.32 Å². The summed E-state index contributed by atoms with van der Waals surface area (Å²) in [7, 11) is -3.89. The average Bonchev–Trinajstić information content (AvgIpc) is 2.77. The van der Waals surface area contributed by atoms with Crippen LogP contribution in [0.3, 0.4) is 0 Å². The summed E-state index contributed by atoms with van der Waals surface area (Å²) < 4.78 is 32.3. The highest BCUT2D eigenvalue weighted by Crippen LogP contribution is 2.30. The maximum atomic E-state index is 13.8. The van der Waals surface area contributed by atoms with Crippen molar-refractivity contribution in [1.82, 2.24) is 10.2 Å².